The van der Waals surface area contributed by atoms with Crippen molar-refractivity contribution < 1.29 is 14.3 Å². The summed E-state index contributed by atoms with van der Waals surface area (Å²) >= 11 is 0. The van der Waals surface area contributed by atoms with Crippen LogP contribution in [0.3, 0.4) is 0 Å². The Bertz CT molecular complexity index is 134. The minimum absolute atomic E-state index is 0.226. The van der Waals surface area contributed by atoms with Crippen molar-refractivity contribution in [1.82, 2.24) is 0 Å². The minimum atomic E-state index is -0.226. The van der Waals surface area contributed by atoms with Gasteiger partial charge in [0, 0.05) is 6.92 Å². The summed E-state index contributed by atoms with van der Waals surface area (Å²) in [4.78, 5) is 10.3. The van der Waals surface area contributed by atoms with E-state index in [0.717, 1.165) is 18.6 Å². The number of rotatable bonds is 6. The molecule has 0 aliphatic heterocycles. The highest BCUT2D eigenvalue weighted by molar-refractivity contribution is 5.65. The molecule has 0 unspecified atom stereocenters. The molecule has 0 aromatic carbocycles. The lowest BCUT2D eigenvalue weighted by Crippen LogP contribution is -2.01. The van der Waals surface area contributed by atoms with Gasteiger partial charge in [-0.3, -0.25) is 4.79 Å². The maximum atomic E-state index is 10.3. The Labute approximate surface area is 73.4 Å². The molecule has 0 bridgehead atoms. The number of allylic oxidation sites excluding steroid dienone is 1. The first-order valence-electron chi connectivity index (χ1n) is 4.04. The molecule has 0 aliphatic rings. The molecule has 0 aromatic heterocycles. The van der Waals surface area contributed by atoms with Gasteiger partial charge < -0.3 is 9.47 Å². The minimum Gasteiger partial charge on any atom is -0.499 e. The van der Waals surface area contributed by atoms with Crippen molar-refractivity contribution in [3.05, 3.63) is 12.3 Å². The molecule has 0 radical (unpaired) electrons. The normalized spacial score (nSPS) is 9.17. The third kappa shape index (κ3) is 9.01. The summed E-state index contributed by atoms with van der Waals surface area (Å²) in [5.41, 5.74) is 0. The largest absolute Gasteiger partial charge is 0.499 e. The molecule has 0 heterocycles. The van der Waals surface area contributed by atoms with Gasteiger partial charge in [-0.2, -0.15) is 0 Å². The summed E-state index contributed by atoms with van der Waals surface area (Å²) in [5, 5.41) is 0. The van der Waals surface area contributed by atoms with Gasteiger partial charge >= 0.3 is 5.97 Å². The Morgan fingerprint density at radius 2 is 1.67 bits per heavy atom. The van der Waals surface area contributed by atoms with E-state index in [0.29, 0.717) is 13.2 Å². The summed E-state index contributed by atoms with van der Waals surface area (Å²) in [6, 6.07) is 0. The van der Waals surface area contributed by atoms with Crippen molar-refractivity contribution in [2.45, 2.75) is 26.7 Å². The van der Waals surface area contributed by atoms with Crippen LogP contribution in [0.25, 0.3) is 0 Å². The van der Waals surface area contributed by atoms with Crippen molar-refractivity contribution in [3.63, 3.8) is 0 Å². The Morgan fingerprint density at radius 3 is 2.08 bits per heavy atom. The van der Waals surface area contributed by atoms with Crippen LogP contribution in [0.1, 0.15) is 26.7 Å². The van der Waals surface area contributed by atoms with E-state index < -0.39 is 0 Å². The number of hydrogen-bond acceptors (Lipinski definition) is 3. The molecular formula is C9H16O3. The predicted octanol–water partition coefficient (Wildman–Crippen LogP) is 1.88. The molecule has 3 heteroatoms. The predicted molar refractivity (Wildman–Crippen MR) is 46.6 cm³/mol. The van der Waals surface area contributed by atoms with Crippen molar-refractivity contribution in [2.75, 3.05) is 13.2 Å². The van der Waals surface area contributed by atoms with Gasteiger partial charge in [-0.15, -0.1) is 0 Å². The summed E-state index contributed by atoms with van der Waals surface area (Å²) < 4.78 is 9.85. The topological polar surface area (TPSA) is 35.5 Å². The van der Waals surface area contributed by atoms with Crippen LogP contribution in [-0.2, 0) is 14.3 Å². The first-order chi connectivity index (χ1) is 5.63. The lowest BCUT2D eigenvalue weighted by Gasteiger charge is -2.04. The molecule has 0 N–H and O–H groups in total. The number of carbonyl (C=O) groups is 1. The summed E-state index contributed by atoms with van der Waals surface area (Å²) in [6.07, 6.45) is 1.73. The van der Waals surface area contributed by atoms with Crippen LogP contribution < -0.4 is 0 Å². The fourth-order valence-electron chi connectivity index (χ4n) is 0.666. The molecule has 0 atom stereocenters. The molecule has 0 saturated carbocycles. The average molecular weight is 172 g/mol. The molecule has 0 aliphatic carbocycles. The van der Waals surface area contributed by atoms with Crippen LogP contribution in [0.5, 0.6) is 0 Å². The van der Waals surface area contributed by atoms with Gasteiger partial charge in [0.25, 0.3) is 0 Å². The van der Waals surface area contributed by atoms with E-state index in [1.165, 1.54) is 6.92 Å². The zero-order chi connectivity index (χ0) is 9.40. The standard InChI is InChI=1S/C9H16O3/c1-8(2)11-6-4-5-7-12-9(3)10/h1,4-7H2,2-3H3. The second-order valence-corrected chi connectivity index (χ2v) is 2.60. The van der Waals surface area contributed by atoms with Gasteiger partial charge in [0.1, 0.15) is 0 Å². The van der Waals surface area contributed by atoms with Crippen molar-refractivity contribution in [3.8, 4) is 0 Å². The second kappa shape index (κ2) is 6.70. The van der Waals surface area contributed by atoms with E-state index in [-0.39, 0.29) is 5.97 Å². The number of unbranched alkanes of at least 4 members (excludes halogenated alkanes) is 1. The highest BCUT2D eigenvalue weighted by atomic mass is 16.5. The van der Waals surface area contributed by atoms with E-state index in [2.05, 4.69) is 6.58 Å². The van der Waals surface area contributed by atoms with E-state index >= 15 is 0 Å². The van der Waals surface area contributed by atoms with Gasteiger partial charge in [-0.25, -0.2) is 0 Å². The SMILES string of the molecule is C=C(C)OCCCCOC(C)=O. The fourth-order valence-corrected chi connectivity index (χ4v) is 0.666. The van der Waals surface area contributed by atoms with Gasteiger partial charge in [0.05, 0.1) is 19.0 Å². The number of hydrogen-bond donors (Lipinski definition) is 0. The van der Waals surface area contributed by atoms with Crippen LogP contribution in [0.15, 0.2) is 12.3 Å². The maximum absolute atomic E-state index is 10.3. The molecule has 0 rings (SSSR count). The van der Waals surface area contributed by atoms with Crippen molar-refractivity contribution in [1.29, 1.82) is 0 Å². The molecule has 12 heavy (non-hydrogen) atoms. The molecule has 70 valence electrons. The van der Waals surface area contributed by atoms with Gasteiger partial charge in [0.2, 0.25) is 0 Å². The quantitative estimate of drug-likeness (QED) is 0.348. The van der Waals surface area contributed by atoms with Gasteiger partial charge in [-0.1, -0.05) is 6.58 Å². The smallest absolute Gasteiger partial charge is 0.302 e. The molecular weight excluding hydrogens is 156 g/mol. The van der Waals surface area contributed by atoms with E-state index in [1.807, 2.05) is 6.92 Å². The van der Waals surface area contributed by atoms with E-state index in [1.54, 1.807) is 0 Å². The van der Waals surface area contributed by atoms with Crippen LogP contribution in [-0.4, -0.2) is 19.2 Å². The fraction of sp³-hybridized carbons (Fsp3) is 0.667. The number of ether oxygens (including phenoxy) is 2. The second-order valence-electron chi connectivity index (χ2n) is 2.60. The van der Waals surface area contributed by atoms with Crippen molar-refractivity contribution in [2.24, 2.45) is 0 Å². The van der Waals surface area contributed by atoms with E-state index in [4.69, 9.17) is 9.47 Å². The van der Waals surface area contributed by atoms with E-state index in [9.17, 15) is 4.79 Å². The van der Waals surface area contributed by atoms with Gasteiger partial charge in [-0.05, 0) is 19.8 Å². The lowest BCUT2D eigenvalue weighted by atomic mass is 10.3. The first kappa shape index (κ1) is 11.0. The molecule has 0 saturated heterocycles. The summed E-state index contributed by atoms with van der Waals surface area (Å²) in [7, 11) is 0. The third-order valence-electron chi connectivity index (χ3n) is 1.19. The summed E-state index contributed by atoms with van der Waals surface area (Å²) in [6.45, 7) is 7.94. The molecule has 0 amide bonds. The maximum Gasteiger partial charge on any atom is 0.302 e. The lowest BCUT2D eigenvalue weighted by molar-refractivity contribution is -0.141. The average Bonchev–Trinajstić information content (AvgIpc) is 1.95. The molecule has 3 nitrogen and oxygen atoms in total. The Morgan fingerprint density at radius 1 is 1.17 bits per heavy atom. The number of carbonyl (C=O) groups excluding carboxylic acids is 1. The monoisotopic (exact) mass is 172 g/mol. The Hall–Kier alpha value is -0.990. The first-order valence-corrected chi connectivity index (χ1v) is 4.04. The highest BCUT2D eigenvalue weighted by Gasteiger charge is 1.93. The molecule has 0 aromatic rings. The van der Waals surface area contributed by atoms with Crippen LogP contribution in [0, 0.1) is 0 Å². The van der Waals surface area contributed by atoms with Gasteiger partial charge in [0.15, 0.2) is 0 Å². The highest BCUT2D eigenvalue weighted by Crippen LogP contribution is 1.96. The summed E-state index contributed by atoms with van der Waals surface area (Å²) in [5.74, 6) is 0.498. The van der Waals surface area contributed by atoms with Crippen LogP contribution in [0.2, 0.25) is 0 Å². The zero-order valence-electron chi connectivity index (χ0n) is 7.76. The molecule has 0 fully saturated rings. The third-order valence-corrected chi connectivity index (χ3v) is 1.19. The Balaban J connectivity index is 3.01. The zero-order valence-corrected chi connectivity index (χ0v) is 7.76. The number of esters is 1. The van der Waals surface area contributed by atoms with Crippen LogP contribution in [0.4, 0.5) is 0 Å². The van der Waals surface area contributed by atoms with Crippen LogP contribution >= 0.6 is 0 Å². The van der Waals surface area contributed by atoms with Crippen molar-refractivity contribution >= 4 is 5.97 Å². The molecule has 0 spiro atoms. The Kier molecular flexibility index (Phi) is 6.15.